The lowest BCUT2D eigenvalue weighted by molar-refractivity contribution is -0.118. The van der Waals surface area contributed by atoms with Gasteiger partial charge in [0.15, 0.2) is 6.61 Å². The molecule has 2 aromatic carbocycles. The monoisotopic (exact) mass is 353 g/mol. The maximum absolute atomic E-state index is 12.3. The average molecular weight is 353 g/mol. The number of fused-ring (bicyclic) bond motifs is 1. The molecule has 0 spiro atoms. The van der Waals surface area contributed by atoms with Crippen LogP contribution in [-0.4, -0.2) is 25.1 Å². The lowest BCUT2D eigenvalue weighted by Crippen LogP contribution is -2.21. The van der Waals surface area contributed by atoms with Crippen LogP contribution in [0.25, 0.3) is 11.0 Å². The van der Waals surface area contributed by atoms with Gasteiger partial charge in [0.2, 0.25) is 5.76 Å². The summed E-state index contributed by atoms with van der Waals surface area (Å²) in [6.45, 7) is 3.62. The Labute approximate surface area is 150 Å². The summed E-state index contributed by atoms with van der Waals surface area (Å²) in [4.78, 5) is 24.5. The van der Waals surface area contributed by atoms with E-state index in [-0.39, 0.29) is 24.7 Å². The van der Waals surface area contributed by atoms with E-state index in [2.05, 4.69) is 5.32 Å². The molecule has 0 atom stereocenters. The molecule has 1 N–H and O–H groups in total. The Kier molecular flexibility index (Phi) is 5.22. The molecular formula is C20H19NO5. The second-order valence-corrected chi connectivity index (χ2v) is 5.63. The number of rotatable bonds is 6. The molecule has 3 rings (SSSR count). The standard InChI is InChI=1S/C20H19NO5/c1-3-24-20(23)19-18(14-9-5-7-11-16(14)26-19)21-17(22)12-25-15-10-6-4-8-13(15)2/h4-11H,3,12H2,1-2H3,(H,21,22). The summed E-state index contributed by atoms with van der Waals surface area (Å²) in [6, 6.07) is 14.5. The minimum atomic E-state index is -0.626. The molecule has 0 aliphatic carbocycles. The van der Waals surface area contributed by atoms with Crippen LogP contribution in [0.4, 0.5) is 5.69 Å². The Hall–Kier alpha value is -3.28. The smallest absolute Gasteiger partial charge is 0.376 e. The number of hydrogen-bond donors (Lipinski definition) is 1. The molecule has 0 unspecified atom stereocenters. The number of carbonyl (C=O) groups excluding carboxylic acids is 2. The molecule has 3 aromatic rings. The van der Waals surface area contributed by atoms with E-state index in [1.54, 1.807) is 37.3 Å². The Morgan fingerprint density at radius 3 is 2.58 bits per heavy atom. The Morgan fingerprint density at radius 1 is 1.08 bits per heavy atom. The summed E-state index contributed by atoms with van der Waals surface area (Å²) < 4.78 is 16.1. The van der Waals surface area contributed by atoms with E-state index in [4.69, 9.17) is 13.9 Å². The van der Waals surface area contributed by atoms with Gasteiger partial charge in [-0.1, -0.05) is 30.3 Å². The number of anilines is 1. The molecule has 0 aliphatic heterocycles. The van der Waals surface area contributed by atoms with E-state index < -0.39 is 11.9 Å². The van der Waals surface area contributed by atoms with E-state index in [1.165, 1.54) is 0 Å². The predicted molar refractivity (Wildman–Crippen MR) is 97.5 cm³/mol. The normalized spacial score (nSPS) is 10.5. The molecule has 6 nitrogen and oxygen atoms in total. The van der Waals surface area contributed by atoms with E-state index in [9.17, 15) is 9.59 Å². The van der Waals surface area contributed by atoms with Gasteiger partial charge >= 0.3 is 5.97 Å². The van der Waals surface area contributed by atoms with Crippen LogP contribution in [0.15, 0.2) is 52.9 Å². The van der Waals surface area contributed by atoms with Gasteiger partial charge in [-0.25, -0.2) is 4.79 Å². The molecule has 1 heterocycles. The molecule has 134 valence electrons. The zero-order valence-corrected chi connectivity index (χ0v) is 14.6. The van der Waals surface area contributed by atoms with Gasteiger partial charge in [-0.05, 0) is 37.6 Å². The summed E-state index contributed by atoms with van der Waals surface area (Å²) in [6.07, 6.45) is 0. The van der Waals surface area contributed by atoms with Crippen LogP contribution in [0.2, 0.25) is 0 Å². The molecule has 0 aliphatic rings. The summed E-state index contributed by atoms with van der Waals surface area (Å²) in [5, 5.41) is 3.33. The zero-order chi connectivity index (χ0) is 18.5. The number of hydrogen-bond acceptors (Lipinski definition) is 5. The molecule has 0 fully saturated rings. The van der Waals surface area contributed by atoms with Crippen molar-refractivity contribution in [2.45, 2.75) is 13.8 Å². The fourth-order valence-electron chi connectivity index (χ4n) is 2.55. The van der Waals surface area contributed by atoms with Crippen LogP contribution in [0.5, 0.6) is 5.75 Å². The van der Waals surface area contributed by atoms with Crippen molar-refractivity contribution in [2.75, 3.05) is 18.5 Å². The van der Waals surface area contributed by atoms with Gasteiger partial charge in [0.05, 0.1) is 6.61 Å². The number of ether oxygens (including phenoxy) is 2. The van der Waals surface area contributed by atoms with Crippen LogP contribution in [0, 0.1) is 6.92 Å². The topological polar surface area (TPSA) is 77.8 Å². The number of para-hydroxylation sites is 2. The second kappa shape index (κ2) is 7.74. The van der Waals surface area contributed by atoms with E-state index in [0.29, 0.717) is 16.7 Å². The number of nitrogens with one attached hydrogen (secondary N) is 1. The summed E-state index contributed by atoms with van der Waals surface area (Å²) in [5.74, 6) is -0.424. The summed E-state index contributed by atoms with van der Waals surface area (Å²) in [7, 11) is 0. The van der Waals surface area contributed by atoms with Crippen molar-refractivity contribution in [1.29, 1.82) is 0 Å². The molecule has 1 aromatic heterocycles. The molecule has 0 saturated carbocycles. The molecule has 1 amide bonds. The summed E-state index contributed by atoms with van der Waals surface area (Å²) >= 11 is 0. The number of furan rings is 1. The van der Waals surface area contributed by atoms with Crippen LogP contribution in [-0.2, 0) is 9.53 Å². The highest BCUT2D eigenvalue weighted by Gasteiger charge is 2.23. The first-order valence-electron chi connectivity index (χ1n) is 8.27. The van der Waals surface area contributed by atoms with Crippen molar-refractivity contribution in [2.24, 2.45) is 0 Å². The predicted octanol–water partition coefficient (Wildman–Crippen LogP) is 3.94. The van der Waals surface area contributed by atoms with Gasteiger partial charge < -0.3 is 19.2 Å². The Bertz CT molecular complexity index is 944. The first kappa shape index (κ1) is 17.5. The number of esters is 1. The SMILES string of the molecule is CCOC(=O)c1oc2ccccc2c1NC(=O)COc1ccccc1C. The number of benzene rings is 2. The number of amides is 1. The van der Waals surface area contributed by atoms with Crippen molar-refractivity contribution in [3.63, 3.8) is 0 Å². The van der Waals surface area contributed by atoms with Gasteiger partial charge in [0, 0.05) is 5.39 Å². The molecule has 0 radical (unpaired) electrons. The van der Waals surface area contributed by atoms with E-state index in [0.717, 1.165) is 5.56 Å². The fourth-order valence-corrected chi connectivity index (χ4v) is 2.55. The Balaban J connectivity index is 1.80. The van der Waals surface area contributed by atoms with Gasteiger partial charge in [-0.3, -0.25) is 4.79 Å². The van der Waals surface area contributed by atoms with Crippen molar-refractivity contribution < 1.29 is 23.5 Å². The van der Waals surface area contributed by atoms with Gasteiger partial charge in [-0.15, -0.1) is 0 Å². The minimum Gasteiger partial charge on any atom is -0.483 e. The van der Waals surface area contributed by atoms with Crippen LogP contribution in [0.1, 0.15) is 23.0 Å². The van der Waals surface area contributed by atoms with Crippen molar-refractivity contribution in [3.05, 3.63) is 59.9 Å². The minimum absolute atomic E-state index is 0.0303. The van der Waals surface area contributed by atoms with Gasteiger partial charge in [-0.2, -0.15) is 0 Å². The maximum Gasteiger partial charge on any atom is 0.376 e. The van der Waals surface area contributed by atoms with E-state index in [1.807, 2.05) is 25.1 Å². The maximum atomic E-state index is 12.3. The lowest BCUT2D eigenvalue weighted by atomic mass is 10.2. The van der Waals surface area contributed by atoms with Crippen molar-refractivity contribution in [3.8, 4) is 5.75 Å². The van der Waals surface area contributed by atoms with Crippen LogP contribution >= 0.6 is 0 Å². The third kappa shape index (κ3) is 3.69. The number of carbonyl (C=O) groups is 2. The highest BCUT2D eigenvalue weighted by atomic mass is 16.5. The van der Waals surface area contributed by atoms with Crippen molar-refractivity contribution in [1.82, 2.24) is 0 Å². The first-order chi connectivity index (χ1) is 12.6. The highest BCUT2D eigenvalue weighted by molar-refractivity contribution is 6.09. The Morgan fingerprint density at radius 2 is 1.81 bits per heavy atom. The third-order valence-corrected chi connectivity index (χ3v) is 3.77. The quantitative estimate of drug-likeness (QED) is 0.679. The van der Waals surface area contributed by atoms with Crippen molar-refractivity contribution >= 4 is 28.5 Å². The average Bonchev–Trinajstić information content (AvgIpc) is 3.00. The lowest BCUT2D eigenvalue weighted by Gasteiger charge is -2.09. The summed E-state index contributed by atoms with van der Waals surface area (Å²) in [5.41, 5.74) is 1.71. The van der Waals surface area contributed by atoms with Gasteiger partial charge in [0.1, 0.15) is 17.0 Å². The second-order valence-electron chi connectivity index (χ2n) is 5.63. The fraction of sp³-hybridized carbons (Fsp3) is 0.200. The third-order valence-electron chi connectivity index (χ3n) is 3.77. The molecule has 0 bridgehead atoms. The molecular weight excluding hydrogens is 334 g/mol. The zero-order valence-electron chi connectivity index (χ0n) is 14.6. The van der Waals surface area contributed by atoms with Crippen LogP contribution < -0.4 is 10.1 Å². The molecule has 0 saturated heterocycles. The van der Waals surface area contributed by atoms with Gasteiger partial charge in [0.25, 0.3) is 5.91 Å². The van der Waals surface area contributed by atoms with Crippen LogP contribution in [0.3, 0.4) is 0 Å². The van der Waals surface area contributed by atoms with E-state index >= 15 is 0 Å². The molecule has 6 heteroatoms. The largest absolute Gasteiger partial charge is 0.483 e. The number of aryl methyl sites for hydroxylation is 1. The highest BCUT2D eigenvalue weighted by Crippen LogP contribution is 2.31. The molecule has 26 heavy (non-hydrogen) atoms. The first-order valence-corrected chi connectivity index (χ1v) is 8.27.